The fourth-order valence-corrected chi connectivity index (χ4v) is 9.40. The lowest BCUT2D eigenvalue weighted by Crippen LogP contribution is -2.52. The number of hydrogen-bond donors (Lipinski definition) is 0. The van der Waals surface area contributed by atoms with Gasteiger partial charge in [0.1, 0.15) is 0 Å². The molecule has 5 atom stereocenters. The molecule has 0 heterocycles. The van der Waals surface area contributed by atoms with Gasteiger partial charge in [-0.05, 0) is 96.3 Å². The molecule has 144 valence electrons. The van der Waals surface area contributed by atoms with Crippen LogP contribution < -0.4 is 0 Å². The molecule has 5 aliphatic rings. The zero-order chi connectivity index (χ0) is 19.1. The quantitative estimate of drug-likeness (QED) is 0.484. The van der Waals surface area contributed by atoms with Crippen molar-refractivity contribution in [2.24, 2.45) is 23.7 Å². The molecular weight excluding hydrogens is 340 g/mol. The van der Waals surface area contributed by atoms with E-state index in [0.29, 0.717) is 0 Å². The molecule has 0 aromatic heterocycles. The van der Waals surface area contributed by atoms with Crippen LogP contribution in [0.5, 0.6) is 0 Å². The lowest BCUT2D eigenvalue weighted by Gasteiger charge is -2.57. The molecule has 6 rings (SSSR count). The Morgan fingerprint density at radius 1 is 1.00 bits per heavy atom. The molecule has 1 aromatic carbocycles. The van der Waals surface area contributed by atoms with Gasteiger partial charge in [0.05, 0.1) is 0 Å². The van der Waals surface area contributed by atoms with Crippen molar-refractivity contribution in [2.45, 2.75) is 84.2 Å². The fourth-order valence-electron chi connectivity index (χ4n) is 7.31. The van der Waals surface area contributed by atoms with Crippen LogP contribution in [0.15, 0.2) is 17.7 Å². The van der Waals surface area contributed by atoms with Crippen LogP contribution in [-0.2, 0) is 11.8 Å². The summed E-state index contributed by atoms with van der Waals surface area (Å²) in [6.07, 6.45) is 9.73. The van der Waals surface area contributed by atoms with E-state index in [-0.39, 0.29) is 13.8 Å². The van der Waals surface area contributed by atoms with Crippen molar-refractivity contribution in [1.29, 1.82) is 0 Å². The number of benzene rings is 1. The van der Waals surface area contributed by atoms with Gasteiger partial charge in [-0.25, -0.2) is 0 Å². The van der Waals surface area contributed by atoms with Gasteiger partial charge in [-0.3, -0.25) is 0 Å². The molecule has 0 radical (unpaired) electrons. The standard InChI is InChI=1S/C26H36Si/c1-15-7-17-13-20(26(2,3)4)14-22(21(17)8-15)24-18-9-16-10-19(12-18)25(27(5)6)23(24)11-16/h7,13-14,16,18-19,23-24H,8-12H2,1-6H3. The third-order valence-electron chi connectivity index (χ3n) is 8.19. The monoisotopic (exact) mass is 376 g/mol. The molecule has 0 N–H and O–H groups in total. The summed E-state index contributed by atoms with van der Waals surface area (Å²) < 4.78 is 0. The topological polar surface area (TPSA) is 0 Å². The largest absolute Gasteiger partial charge is 0.0831 e. The van der Waals surface area contributed by atoms with Crippen molar-refractivity contribution >= 4 is 19.7 Å². The van der Waals surface area contributed by atoms with Crippen LogP contribution >= 0.6 is 0 Å². The highest BCUT2D eigenvalue weighted by Crippen LogP contribution is 2.59. The highest BCUT2D eigenvalue weighted by atomic mass is 28.2. The molecule has 4 fully saturated rings. The average Bonchev–Trinajstić information content (AvgIpc) is 2.93. The molecule has 0 amide bonds. The van der Waals surface area contributed by atoms with Gasteiger partial charge in [0.15, 0.2) is 0 Å². The molecule has 0 nitrogen and oxygen atoms in total. The van der Waals surface area contributed by atoms with Crippen LogP contribution in [0.1, 0.15) is 81.5 Å². The summed E-state index contributed by atoms with van der Waals surface area (Å²) in [6, 6.07) is 5.17. The lowest BCUT2D eigenvalue weighted by atomic mass is 9.50. The summed E-state index contributed by atoms with van der Waals surface area (Å²) in [7, 11) is -0.294. The van der Waals surface area contributed by atoms with Gasteiger partial charge in [-0.15, -0.1) is 0 Å². The summed E-state index contributed by atoms with van der Waals surface area (Å²) in [5.41, 5.74) is 8.34. The zero-order valence-corrected chi connectivity index (χ0v) is 19.2. The highest BCUT2D eigenvalue weighted by molar-refractivity contribution is 6.69. The number of fused-ring (bicyclic) bond motifs is 1. The third kappa shape index (κ3) is 2.79. The normalized spacial score (nSPS) is 34.1. The minimum atomic E-state index is -0.294. The first kappa shape index (κ1) is 18.1. The first-order chi connectivity index (χ1) is 12.7. The second-order valence-corrected chi connectivity index (χ2v) is 14.0. The second kappa shape index (κ2) is 6.02. The Morgan fingerprint density at radius 3 is 2.48 bits per heavy atom. The van der Waals surface area contributed by atoms with E-state index < -0.39 is 0 Å². The van der Waals surface area contributed by atoms with Crippen molar-refractivity contribution in [3.63, 3.8) is 0 Å². The Morgan fingerprint density at radius 2 is 1.78 bits per heavy atom. The van der Waals surface area contributed by atoms with E-state index in [1.165, 1.54) is 32.1 Å². The van der Waals surface area contributed by atoms with Gasteiger partial charge < -0.3 is 0 Å². The Bertz CT molecular complexity index is 859. The van der Waals surface area contributed by atoms with Crippen LogP contribution in [0.4, 0.5) is 0 Å². The lowest BCUT2D eigenvalue weighted by molar-refractivity contribution is 0.0848. The van der Waals surface area contributed by atoms with E-state index >= 15 is 0 Å². The minimum absolute atomic E-state index is 0.233. The predicted molar refractivity (Wildman–Crippen MR) is 120 cm³/mol. The molecule has 5 aliphatic carbocycles. The molecule has 1 heteroatoms. The molecule has 1 aromatic rings. The van der Waals surface area contributed by atoms with Crippen molar-refractivity contribution in [3.8, 4) is 0 Å². The van der Waals surface area contributed by atoms with Crippen molar-refractivity contribution in [3.05, 3.63) is 40.0 Å². The van der Waals surface area contributed by atoms with Crippen LogP contribution in [0, 0.1) is 23.7 Å². The van der Waals surface area contributed by atoms with E-state index in [1.54, 1.807) is 27.8 Å². The van der Waals surface area contributed by atoms with Gasteiger partial charge in [0, 0.05) is 8.41 Å². The number of allylic oxidation sites excluding steroid dienone is 1. The Labute approximate surface area is 167 Å². The Kier molecular flexibility index (Phi) is 4.04. The maximum Gasteiger partial charge on any atom is 0.00298 e. The molecule has 0 saturated heterocycles. The Hall–Kier alpha value is -0.953. The Balaban J connectivity index is 1.67. The predicted octanol–water partition coefficient (Wildman–Crippen LogP) is 6.60. The SMILES string of the molecule is CC1=Cc2cc(C(C)(C)C)cc(C3C4CC5CC(C4)C(=[Si](C)C)C3C5)c2C1. The van der Waals surface area contributed by atoms with Gasteiger partial charge in [0.2, 0.25) is 0 Å². The van der Waals surface area contributed by atoms with Gasteiger partial charge in [0.25, 0.3) is 0 Å². The first-order valence-corrected chi connectivity index (χ1v) is 13.7. The smallest absolute Gasteiger partial charge is 0.00298 e. The summed E-state index contributed by atoms with van der Waals surface area (Å²) in [5, 5.41) is 2.05. The van der Waals surface area contributed by atoms with E-state index in [0.717, 1.165) is 29.6 Å². The molecule has 4 saturated carbocycles. The van der Waals surface area contributed by atoms with E-state index in [4.69, 9.17) is 0 Å². The van der Waals surface area contributed by atoms with Crippen molar-refractivity contribution < 1.29 is 0 Å². The minimum Gasteiger partial charge on any atom is -0.0831 e. The summed E-state index contributed by atoms with van der Waals surface area (Å²) in [4.78, 5) is 0. The molecule has 5 unspecified atom stereocenters. The molecular formula is C26H36Si. The second-order valence-electron chi connectivity index (χ2n) is 11.4. The highest BCUT2D eigenvalue weighted by Gasteiger charge is 2.52. The van der Waals surface area contributed by atoms with Crippen LogP contribution in [0.2, 0.25) is 13.1 Å². The molecule has 0 aliphatic heterocycles. The molecule has 0 spiro atoms. The van der Waals surface area contributed by atoms with E-state index in [2.05, 4.69) is 64.2 Å². The first-order valence-electron chi connectivity index (χ1n) is 11.2. The number of hydrogen-bond acceptors (Lipinski definition) is 0. The van der Waals surface area contributed by atoms with E-state index in [1.807, 2.05) is 0 Å². The van der Waals surface area contributed by atoms with Crippen LogP contribution in [-0.4, -0.2) is 13.6 Å². The maximum atomic E-state index is 2.66. The zero-order valence-electron chi connectivity index (χ0n) is 18.2. The fraction of sp³-hybridized carbons (Fsp3) is 0.654. The summed E-state index contributed by atoms with van der Waals surface area (Å²) in [5.74, 6) is 4.72. The van der Waals surface area contributed by atoms with Crippen molar-refractivity contribution in [1.82, 2.24) is 0 Å². The number of rotatable bonds is 1. The van der Waals surface area contributed by atoms with Gasteiger partial charge in [-0.2, -0.15) is 0 Å². The van der Waals surface area contributed by atoms with Crippen LogP contribution in [0.25, 0.3) is 6.08 Å². The average molecular weight is 377 g/mol. The third-order valence-corrected chi connectivity index (χ3v) is 10.1. The van der Waals surface area contributed by atoms with E-state index in [9.17, 15) is 0 Å². The summed E-state index contributed by atoms with van der Waals surface area (Å²) >= 11 is 0. The molecule has 27 heavy (non-hydrogen) atoms. The maximum absolute atomic E-state index is 2.66. The van der Waals surface area contributed by atoms with Crippen LogP contribution in [0.3, 0.4) is 0 Å². The van der Waals surface area contributed by atoms with Gasteiger partial charge >= 0.3 is 0 Å². The summed E-state index contributed by atoms with van der Waals surface area (Å²) in [6.45, 7) is 14.6. The van der Waals surface area contributed by atoms with Gasteiger partial charge in [-0.1, -0.05) is 62.8 Å². The molecule has 4 bridgehead atoms. The van der Waals surface area contributed by atoms with Crippen molar-refractivity contribution in [2.75, 3.05) is 0 Å².